The fourth-order valence-electron chi connectivity index (χ4n) is 1.68. The third-order valence-electron chi connectivity index (χ3n) is 2.80. The second-order valence-corrected chi connectivity index (χ2v) is 4.17. The Morgan fingerprint density at radius 2 is 2.00 bits per heavy atom. The van der Waals surface area contributed by atoms with E-state index in [2.05, 4.69) is 5.32 Å². The number of hydrogen-bond acceptors (Lipinski definition) is 2. The second kappa shape index (κ2) is 5.54. The molecule has 94 valence electrons. The molecule has 0 aliphatic heterocycles. The minimum absolute atomic E-state index is 0.167. The zero-order chi connectivity index (χ0) is 13.0. The van der Waals surface area contributed by atoms with E-state index in [1.165, 1.54) is 0 Å². The maximum Gasteiger partial charge on any atom is 0.126 e. The van der Waals surface area contributed by atoms with E-state index < -0.39 is 0 Å². The summed E-state index contributed by atoms with van der Waals surface area (Å²) < 4.78 is 18.5. The molecule has 3 heteroatoms. The third-order valence-corrected chi connectivity index (χ3v) is 2.80. The Bertz CT molecular complexity index is 540. The number of ether oxygens (including phenoxy) is 1. The zero-order valence-electron chi connectivity index (χ0n) is 10.5. The number of halogens is 1. The van der Waals surface area contributed by atoms with Crippen LogP contribution in [0.25, 0.3) is 0 Å². The molecular formula is C15H16FNO. The van der Waals surface area contributed by atoms with Crippen molar-refractivity contribution in [2.45, 2.75) is 13.5 Å². The summed E-state index contributed by atoms with van der Waals surface area (Å²) in [5, 5.41) is 3.24. The van der Waals surface area contributed by atoms with Crippen LogP contribution in [0.5, 0.6) is 5.75 Å². The van der Waals surface area contributed by atoms with Crippen LogP contribution < -0.4 is 10.1 Å². The van der Waals surface area contributed by atoms with E-state index in [-0.39, 0.29) is 5.82 Å². The lowest BCUT2D eigenvalue weighted by Gasteiger charge is -2.08. The van der Waals surface area contributed by atoms with Gasteiger partial charge in [0.1, 0.15) is 11.6 Å². The topological polar surface area (TPSA) is 21.3 Å². The fourth-order valence-corrected chi connectivity index (χ4v) is 1.68. The standard InChI is InChI=1S/C15H16FNO/c1-11-6-7-12(8-15(11)16)10-17-13-4-3-5-14(9-13)18-2/h3-9,17H,10H2,1-2H3. The van der Waals surface area contributed by atoms with Gasteiger partial charge in [-0.05, 0) is 36.2 Å². The van der Waals surface area contributed by atoms with Gasteiger partial charge in [0.2, 0.25) is 0 Å². The van der Waals surface area contributed by atoms with Crippen LogP contribution >= 0.6 is 0 Å². The molecular weight excluding hydrogens is 229 g/mol. The van der Waals surface area contributed by atoms with Gasteiger partial charge in [0, 0.05) is 18.3 Å². The molecule has 0 heterocycles. The molecule has 2 aromatic rings. The number of nitrogens with one attached hydrogen (secondary N) is 1. The van der Waals surface area contributed by atoms with Crippen molar-refractivity contribution >= 4 is 5.69 Å². The first-order valence-electron chi connectivity index (χ1n) is 5.82. The highest BCUT2D eigenvalue weighted by molar-refractivity contribution is 5.48. The lowest BCUT2D eigenvalue weighted by atomic mass is 10.1. The molecule has 0 saturated carbocycles. The molecule has 0 amide bonds. The second-order valence-electron chi connectivity index (χ2n) is 4.17. The SMILES string of the molecule is COc1cccc(NCc2ccc(C)c(F)c2)c1. The number of anilines is 1. The first-order chi connectivity index (χ1) is 8.69. The summed E-state index contributed by atoms with van der Waals surface area (Å²) >= 11 is 0. The maximum atomic E-state index is 13.4. The number of hydrogen-bond donors (Lipinski definition) is 1. The van der Waals surface area contributed by atoms with E-state index in [0.717, 1.165) is 17.0 Å². The Hall–Kier alpha value is -2.03. The van der Waals surface area contributed by atoms with E-state index in [1.807, 2.05) is 30.3 Å². The van der Waals surface area contributed by atoms with Gasteiger partial charge in [-0.15, -0.1) is 0 Å². The highest BCUT2D eigenvalue weighted by atomic mass is 19.1. The molecule has 0 bridgehead atoms. The largest absolute Gasteiger partial charge is 0.497 e. The highest BCUT2D eigenvalue weighted by Gasteiger charge is 2.00. The minimum atomic E-state index is -0.167. The number of aryl methyl sites for hydroxylation is 1. The van der Waals surface area contributed by atoms with Crippen LogP contribution in [0.15, 0.2) is 42.5 Å². The molecule has 0 aliphatic carbocycles. The quantitative estimate of drug-likeness (QED) is 0.885. The summed E-state index contributed by atoms with van der Waals surface area (Å²) in [5.41, 5.74) is 2.54. The van der Waals surface area contributed by atoms with Crippen LogP contribution in [-0.4, -0.2) is 7.11 Å². The van der Waals surface area contributed by atoms with Gasteiger partial charge in [0.15, 0.2) is 0 Å². The number of methoxy groups -OCH3 is 1. The van der Waals surface area contributed by atoms with E-state index in [9.17, 15) is 4.39 Å². The predicted octanol–water partition coefficient (Wildman–Crippen LogP) is 3.75. The first-order valence-corrected chi connectivity index (χ1v) is 5.82. The molecule has 0 radical (unpaired) electrons. The Morgan fingerprint density at radius 1 is 1.17 bits per heavy atom. The molecule has 2 nitrogen and oxygen atoms in total. The van der Waals surface area contributed by atoms with Crippen molar-refractivity contribution in [1.29, 1.82) is 0 Å². The highest BCUT2D eigenvalue weighted by Crippen LogP contribution is 2.18. The summed E-state index contributed by atoms with van der Waals surface area (Å²) in [6.45, 7) is 2.35. The smallest absolute Gasteiger partial charge is 0.126 e. The van der Waals surface area contributed by atoms with Crippen LogP contribution in [0.4, 0.5) is 10.1 Å². The average molecular weight is 245 g/mol. The van der Waals surface area contributed by atoms with Crippen LogP contribution in [0.3, 0.4) is 0 Å². The Labute approximate surface area is 106 Å². The first kappa shape index (κ1) is 12.4. The number of benzene rings is 2. The van der Waals surface area contributed by atoms with Crippen molar-refractivity contribution in [3.63, 3.8) is 0 Å². The molecule has 18 heavy (non-hydrogen) atoms. The van der Waals surface area contributed by atoms with Gasteiger partial charge in [0.05, 0.1) is 7.11 Å². The Morgan fingerprint density at radius 3 is 2.72 bits per heavy atom. The van der Waals surface area contributed by atoms with Crippen molar-refractivity contribution in [3.05, 3.63) is 59.4 Å². The van der Waals surface area contributed by atoms with E-state index in [1.54, 1.807) is 26.2 Å². The molecule has 0 aliphatic rings. The molecule has 2 aromatic carbocycles. The normalized spacial score (nSPS) is 10.2. The third kappa shape index (κ3) is 3.00. The van der Waals surface area contributed by atoms with Gasteiger partial charge in [-0.3, -0.25) is 0 Å². The summed E-state index contributed by atoms with van der Waals surface area (Å²) in [4.78, 5) is 0. The van der Waals surface area contributed by atoms with E-state index >= 15 is 0 Å². The zero-order valence-corrected chi connectivity index (χ0v) is 10.5. The molecule has 0 saturated heterocycles. The molecule has 0 aromatic heterocycles. The lowest BCUT2D eigenvalue weighted by Crippen LogP contribution is -2.00. The van der Waals surface area contributed by atoms with Crippen molar-refractivity contribution in [2.24, 2.45) is 0 Å². The minimum Gasteiger partial charge on any atom is -0.497 e. The van der Waals surface area contributed by atoms with Gasteiger partial charge in [-0.25, -0.2) is 4.39 Å². The van der Waals surface area contributed by atoms with Crippen LogP contribution in [0, 0.1) is 12.7 Å². The van der Waals surface area contributed by atoms with Gasteiger partial charge < -0.3 is 10.1 Å². The molecule has 1 N–H and O–H groups in total. The molecule has 0 atom stereocenters. The van der Waals surface area contributed by atoms with Crippen LogP contribution in [-0.2, 0) is 6.54 Å². The van der Waals surface area contributed by atoms with Crippen molar-refractivity contribution in [3.8, 4) is 5.75 Å². The van der Waals surface area contributed by atoms with Gasteiger partial charge in [-0.1, -0.05) is 18.2 Å². The van der Waals surface area contributed by atoms with E-state index in [4.69, 9.17) is 4.74 Å². The average Bonchev–Trinajstić information content (AvgIpc) is 2.40. The Kier molecular flexibility index (Phi) is 3.82. The van der Waals surface area contributed by atoms with Crippen LogP contribution in [0.1, 0.15) is 11.1 Å². The molecule has 2 rings (SSSR count). The van der Waals surface area contributed by atoms with Crippen molar-refractivity contribution in [2.75, 3.05) is 12.4 Å². The monoisotopic (exact) mass is 245 g/mol. The summed E-state index contributed by atoms with van der Waals surface area (Å²) in [6.07, 6.45) is 0. The molecule has 0 unspecified atom stereocenters. The Balaban J connectivity index is 2.04. The fraction of sp³-hybridized carbons (Fsp3) is 0.200. The van der Waals surface area contributed by atoms with Crippen molar-refractivity contribution < 1.29 is 9.13 Å². The summed E-state index contributed by atoms with van der Waals surface area (Å²) in [6, 6.07) is 12.9. The van der Waals surface area contributed by atoms with Crippen LogP contribution in [0.2, 0.25) is 0 Å². The lowest BCUT2D eigenvalue weighted by molar-refractivity contribution is 0.415. The van der Waals surface area contributed by atoms with Gasteiger partial charge in [-0.2, -0.15) is 0 Å². The molecule has 0 fully saturated rings. The predicted molar refractivity (Wildman–Crippen MR) is 71.5 cm³/mol. The van der Waals surface area contributed by atoms with Gasteiger partial charge >= 0.3 is 0 Å². The number of rotatable bonds is 4. The molecule has 0 spiro atoms. The summed E-state index contributed by atoms with van der Waals surface area (Å²) in [5.74, 6) is 0.634. The summed E-state index contributed by atoms with van der Waals surface area (Å²) in [7, 11) is 1.63. The van der Waals surface area contributed by atoms with Crippen molar-refractivity contribution in [1.82, 2.24) is 0 Å². The van der Waals surface area contributed by atoms with E-state index in [0.29, 0.717) is 12.1 Å². The van der Waals surface area contributed by atoms with Gasteiger partial charge in [0.25, 0.3) is 0 Å². The maximum absolute atomic E-state index is 13.4.